The predicted octanol–water partition coefficient (Wildman–Crippen LogP) is 1.49. The highest BCUT2D eigenvalue weighted by Crippen LogP contribution is 2.29. The molecule has 23 heavy (non-hydrogen) atoms. The molecule has 0 fully saturated rings. The molecular weight excluding hydrogens is 316 g/mol. The topological polar surface area (TPSA) is 109 Å². The first-order valence-corrected chi connectivity index (χ1v) is 8.17. The van der Waals surface area contributed by atoms with Crippen LogP contribution in [0.2, 0.25) is 0 Å². The zero-order valence-corrected chi connectivity index (χ0v) is 13.0. The number of benzene rings is 1. The minimum Gasteiger partial charge on any atom is -0.364 e. The first-order chi connectivity index (χ1) is 10.9. The molecule has 0 atom stereocenters. The number of carbonyl (C=O) groups excluding carboxylic acids is 1. The molecule has 0 radical (unpaired) electrons. The van der Waals surface area contributed by atoms with Gasteiger partial charge in [0, 0.05) is 18.6 Å². The molecule has 0 bridgehead atoms. The van der Waals surface area contributed by atoms with Crippen molar-refractivity contribution in [2.75, 3.05) is 11.4 Å². The summed E-state index contributed by atoms with van der Waals surface area (Å²) < 4.78 is 26.5. The Balaban J connectivity index is 2.15. The minimum atomic E-state index is -3.81. The summed E-state index contributed by atoms with van der Waals surface area (Å²) in [4.78, 5) is 18.1. The number of sulfonamides is 1. The number of pyridine rings is 1. The molecule has 8 heteroatoms. The van der Waals surface area contributed by atoms with Gasteiger partial charge in [0.1, 0.15) is 5.69 Å². The third-order valence-electron chi connectivity index (χ3n) is 3.50. The summed E-state index contributed by atoms with van der Waals surface area (Å²) in [7, 11) is -2.37. The predicted molar refractivity (Wildman–Crippen MR) is 86.6 cm³/mol. The van der Waals surface area contributed by atoms with Crippen LogP contribution in [0.5, 0.6) is 0 Å². The average molecular weight is 330 g/mol. The summed E-state index contributed by atoms with van der Waals surface area (Å²) in [5.74, 6) is -0.609. The molecule has 0 unspecified atom stereocenters. The van der Waals surface area contributed by atoms with Crippen molar-refractivity contribution in [1.29, 1.82) is 0 Å². The highest BCUT2D eigenvalue weighted by atomic mass is 32.2. The van der Waals surface area contributed by atoms with E-state index in [1.807, 2.05) is 0 Å². The first kappa shape index (κ1) is 15.0. The van der Waals surface area contributed by atoms with Gasteiger partial charge in [0.2, 0.25) is 0 Å². The summed E-state index contributed by atoms with van der Waals surface area (Å²) in [6.07, 6.45) is 1.42. The van der Waals surface area contributed by atoms with Crippen LogP contribution < -0.4 is 10.0 Å². The van der Waals surface area contributed by atoms with Gasteiger partial charge in [-0.15, -0.1) is 0 Å². The van der Waals surface area contributed by atoms with Crippen molar-refractivity contribution < 1.29 is 13.2 Å². The third-order valence-corrected chi connectivity index (χ3v) is 5.19. The second kappa shape index (κ2) is 5.40. The van der Waals surface area contributed by atoms with Gasteiger partial charge in [-0.1, -0.05) is 18.2 Å². The Bertz CT molecular complexity index is 980. The molecule has 0 aliphatic rings. The number of nitrogens with zero attached hydrogens (tertiary/aromatic N) is 2. The van der Waals surface area contributed by atoms with E-state index < -0.39 is 15.9 Å². The Labute approximate surface area is 132 Å². The largest absolute Gasteiger partial charge is 0.364 e. The number of amides is 1. The lowest BCUT2D eigenvalue weighted by Crippen LogP contribution is -2.27. The molecule has 0 aliphatic heterocycles. The molecule has 2 aromatic heterocycles. The molecular formula is C15H14N4O3S. The van der Waals surface area contributed by atoms with Gasteiger partial charge in [0.05, 0.1) is 11.2 Å². The van der Waals surface area contributed by atoms with Gasteiger partial charge >= 0.3 is 0 Å². The maximum absolute atomic E-state index is 12.7. The standard InChI is InChI=1S/C15H14N4O3S/c1-19(23(21,22)13-7-2-3-8-17-13)12-6-4-5-10-9-11(15(16)20)18-14(10)12/h2-9,18H,1H3,(H2,16,20). The fourth-order valence-electron chi connectivity index (χ4n) is 2.30. The van der Waals surface area contributed by atoms with Gasteiger partial charge in [0.15, 0.2) is 5.03 Å². The number of primary amides is 1. The molecule has 7 nitrogen and oxygen atoms in total. The van der Waals surface area contributed by atoms with Crippen LogP contribution in [0.1, 0.15) is 10.5 Å². The zero-order chi connectivity index (χ0) is 16.6. The molecule has 3 aromatic rings. The van der Waals surface area contributed by atoms with Crippen molar-refractivity contribution in [1.82, 2.24) is 9.97 Å². The van der Waals surface area contributed by atoms with Gasteiger partial charge < -0.3 is 10.7 Å². The molecule has 0 saturated carbocycles. The van der Waals surface area contributed by atoms with Gasteiger partial charge in [-0.3, -0.25) is 9.10 Å². The summed E-state index contributed by atoms with van der Waals surface area (Å²) in [5.41, 5.74) is 6.41. The highest BCUT2D eigenvalue weighted by molar-refractivity contribution is 7.92. The van der Waals surface area contributed by atoms with Crippen LogP contribution in [0, 0.1) is 0 Å². The van der Waals surface area contributed by atoms with Crippen LogP contribution in [0.4, 0.5) is 5.69 Å². The van der Waals surface area contributed by atoms with Crippen LogP contribution in [0.3, 0.4) is 0 Å². The number of aromatic nitrogens is 2. The lowest BCUT2D eigenvalue weighted by Gasteiger charge is -2.19. The number of para-hydroxylation sites is 1. The molecule has 118 valence electrons. The second-order valence-electron chi connectivity index (χ2n) is 4.93. The molecule has 3 N–H and O–H groups in total. The molecule has 0 aliphatic carbocycles. The summed E-state index contributed by atoms with van der Waals surface area (Å²) >= 11 is 0. The van der Waals surface area contributed by atoms with Crippen LogP contribution >= 0.6 is 0 Å². The average Bonchev–Trinajstić information content (AvgIpc) is 2.99. The van der Waals surface area contributed by atoms with Crippen molar-refractivity contribution >= 4 is 32.5 Å². The van der Waals surface area contributed by atoms with Crippen molar-refractivity contribution in [3.63, 3.8) is 0 Å². The fourth-order valence-corrected chi connectivity index (χ4v) is 3.44. The number of anilines is 1. The molecule has 2 heterocycles. The van der Waals surface area contributed by atoms with Gasteiger partial charge in [-0.2, -0.15) is 8.42 Å². The van der Waals surface area contributed by atoms with E-state index >= 15 is 0 Å². The molecule has 0 spiro atoms. The first-order valence-electron chi connectivity index (χ1n) is 6.73. The number of hydrogen-bond donors (Lipinski definition) is 2. The Kier molecular flexibility index (Phi) is 3.53. The Morgan fingerprint density at radius 1 is 1.22 bits per heavy atom. The lowest BCUT2D eigenvalue weighted by molar-refractivity contribution is 0.0996. The maximum atomic E-state index is 12.7. The smallest absolute Gasteiger partial charge is 0.281 e. The number of rotatable bonds is 4. The van der Waals surface area contributed by atoms with E-state index in [2.05, 4.69) is 9.97 Å². The Hall–Kier alpha value is -2.87. The van der Waals surface area contributed by atoms with E-state index in [0.717, 1.165) is 4.31 Å². The number of carbonyl (C=O) groups is 1. The van der Waals surface area contributed by atoms with Crippen LogP contribution in [0.25, 0.3) is 10.9 Å². The maximum Gasteiger partial charge on any atom is 0.281 e. The summed E-state index contributed by atoms with van der Waals surface area (Å²) in [6, 6.07) is 11.4. The highest BCUT2D eigenvalue weighted by Gasteiger charge is 2.24. The van der Waals surface area contributed by atoms with E-state index in [1.54, 1.807) is 36.4 Å². The SMILES string of the molecule is CN(c1cccc2cc(C(N)=O)[nH]c12)S(=O)(=O)c1ccccn1. The normalized spacial score (nSPS) is 11.5. The Morgan fingerprint density at radius 3 is 2.65 bits per heavy atom. The second-order valence-corrected chi connectivity index (χ2v) is 6.85. The van der Waals surface area contributed by atoms with Gasteiger partial charge in [-0.05, 0) is 24.3 Å². The molecule has 3 rings (SSSR count). The molecule has 0 saturated heterocycles. The molecule has 1 aromatic carbocycles. The summed E-state index contributed by atoms with van der Waals surface area (Å²) in [6.45, 7) is 0. The number of fused-ring (bicyclic) bond motifs is 1. The zero-order valence-electron chi connectivity index (χ0n) is 12.2. The van der Waals surface area contributed by atoms with E-state index in [0.29, 0.717) is 16.6 Å². The van der Waals surface area contributed by atoms with Crippen molar-refractivity contribution in [3.8, 4) is 0 Å². The van der Waals surface area contributed by atoms with Gasteiger partial charge in [0.25, 0.3) is 15.9 Å². The quantitative estimate of drug-likeness (QED) is 0.755. The number of nitrogens with one attached hydrogen (secondary N) is 1. The number of H-pyrrole nitrogens is 1. The van der Waals surface area contributed by atoms with E-state index in [9.17, 15) is 13.2 Å². The fraction of sp³-hybridized carbons (Fsp3) is 0.0667. The lowest BCUT2D eigenvalue weighted by atomic mass is 10.2. The number of aromatic amines is 1. The minimum absolute atomic E-state index is 0.0545. The van der Waals surface area contributed by atoms with Crippen LogP contribution in [-0.4, -0.2) is 31.3 Å². The Morgan fingerprint density at radius 2 is 2.00 bits per heavy atom. The van der Waals surface area contributed by atoms with Crippen molar-refractivity contribution in [3.05, 3.63) is 54.4 Å². The van der Waals surface area contributed by atoms with E-state index in [4.69, 9.17) is 5.73 Å². The van der Waals surface area contributed by atoms with Crippen molar-refractivity contribution in [2.24, 2.45) is 5.73 Å². The van der Waals surface area contributed by atoms with Gasteiger partial charge in [-0.25, -0.2) is 4.98 Å². The summed E-state index contributed by atoms with van der Waals surface area (Å²) in [5, 5.41) is 0.639. The number of hydrogen-bond acceptors (Lipinski definition) is 4. The van der Waals surface area contributed by atoms with Crippen LogP contribution in [0.15, 0.2) is 53.7 Å². The third kappa shape index (κ3) is 2.53. The molecule has 1 amide bonds. The van der Waals surface area contributed by atoms with Crippen molar-refractivity contribution in [2.45, 2.75) is 5.03 Å². The van der Waals surface area contributed by atoms with E-state index in [-0.39, 0.29) is 10.7 Å². The monoisotopic (exact) mass is 330 g/mol. The van der Waals surface area contributed by atoms with E-state index in [1.165, 1.54) is 19.3 Å². The number of nitrogens with two attached hydrogens (primary N) is 1. The van der Waals surface area contributed by atoms with Crippen LogP contribution in [-0.2, 0) is 10.0 Å².